The zero-order valence-electron chi connectivity index (χ0n) is 10.4. The van der Waals surface area contributed by atoms with Gasteiger partial charge in [-0.15, -0.1) is 5.10 Å². The van der Waals surface area contributed by atoms with Gasteiger partial charge in [-0.3, -0.25) is 4.79 Å². The Morgan fingerprint density at radius 3 is 2.78 bits per heavy atom. The molecule has 2 rings (SSSR count). The molecule has 0 spiro atoms. The van der Waals surface area contributed by atoms with Crippen LogP contribution in [0.2, 0.25) is 0 Å². The summed E-state index contributed by atoms with van der Waals surface area (Å²) in [7, 11) is 0. The minimum absolute atomic E-state index is 0.0989. The van der Waals surface area contributed by atoms with Crippen molar-refractivity contribution in [2.75, 3.05) is 0 Å². The summed E-state index contributed by atoms with van der Waals surface area (Å²) in [4.78, 5) is 12.7. The first-order chi connectivity index (χ1) is 8.72. The van der Waals surface area contributed by atoms with Gasteiger partial charge in [-0.05, 0) is 24.9 Å². The van der Waals surface area contributed by atoms with Crippen LogP contribution < -0.4 is 5.32 Å². The van der Waals surface area contributed by atoms with E-state index in [1.807, 2.05) is 44.2 Å². The van der Waals surface area contributed by atoms with Gasteiger partial charge < -0.3 is 5.32 Å². The van der Waals surface area contributed by atoms with E-state index in [4.69, 9.17) is 0 Å². The molecular weight excluding hydrogens is 246 g/mol. The van der Waals surface area contributed by atoms with Gasteiger partial charge in [-0.1, -0.05) is 41.7 Å². The molecule has 1 aromatic carbocycles. The molecule has 0 fully saturated rings. The SMILES string of the molecule is CC[C@@H](C)NC(=O)c1snnc1-c1ccccc1. The molecule has 0 aliphatic rings. The third kappa shape index (κ3) is 2.73. The van der Waals surface area contributed by atoms with E-state index in [0.29, 0.717) is 10.6 Å². The maximum absolute atomic E-state index is 12.1. The minimum atomic E-state index is -0.0989. The molecule has 1 amide bonds. The molecule has 1 heterocycles. The van der Waals surface area contributed by atoms with E-state index in [0.717, 1.165) is 23.5 Å². The molecule has 0 unspecified atom stereocenters. The highest BCUT2D eigenvalue weighted by molar-refractivity contribution is 7.08. The number of nitrogens with one attached hydrogen (secondary N) is 1. The van der Waals surface area contributed by atoms with Crippen molar-refractivity contribution in [3.63, 3.8) is 0 Å². The van der Waals surface area contributed by atoms with Crippen molar-refractivity contribution in [3.05, 3.63) is 35.2 Å². The van der Waals surface area contributed by atoms with Crippen LogP contribution in [0.15, 0.2) is 30.3 Å². The second-order valence-electron chi connectivity index (χ2n) is 4.10. The van der Waals surface area contributed by atoms with Crippen molar-refractivity contribution in [3.8, 4) is 11.3 Å². The van der Waals surface area contributed by atoms with Gasteiger partial charge in [0.15, 0.2) is 0 Å². The van der Waals surface area contributed by atoms with Crippen molar-refractivity contribution in [1.29, 1.82) is 0 Å². The molecule has 0 saturated heterocycles. The van der Waals surface area contributed by atoms with E-state index < -0.39 is 0 Å². The van der Waals surface area contributed by atoms with Crippen LogP contribution in [0.4, 0.5) is 0 Å². The smallest absolute Gasteiger partial charge is 0.265 e. The molecule has 0 aliphatic carbocycles. The summed E-state index contributed by atoms with van der Waals surface area (Å²) in [6, 6.07) is 9.79. The molecule has 0 aliphatic heterocycles. The summed E-state index contributed by atoms with van der Waals surface area (Å²) in [5.74, 6) is -0.0989. The van der Waals surface area contributed by atoms with Crippen LogP contribution in [0.1, 0.15) is 29.9 Å². The highest BCUT2D eigenvalue weighted by atomic mass is 32.1. The first-order valence-electron chi connectivity index (χ1n) is 5.91. The van der Waals surface area contributed by atoms with E-state index in [1.54, 1.807) is 0 Å². The molecule has 2 aromatic rings. The summed E-state index contributed by atoms with van der Waals surface area (Å²) in [6.07, 6.45) is 0.901. The van der Waals surface area contributed by atoms with Gasteiger partial charge in [-0.25, -0.2) is 0 Å². The quantitative estimate of drug-likeness (QED) is 0.920. The van der Waals surface area contributed by atoms with E-state index in [2.05, 4.69) is 14.9 Å². The molecule has 0 radical (unpaired) electrons. The van der Waals surface area contributed by atoms with Gasteiger partial charge >= 0.3 is 0 Å². The number of carbonyl (C=O) groups excluding carboxylic acids is 1. The van der Waals surface area contributed by atoms with Crippen LogP contribution in [0.25, 0.3) is 11.3 Å². The van der Waals surface area contributed by atoms with Crippen LogP contribution >= 0.6 is 11.5 Å². The average molecular weight is 261 g/mol. The Hall–Kier alpha value is -1.75. The second-order valence-corrected chi connectivity index (χ2v) is 4.85. The molecule has 4 nitrogen and oxygen atoms in total. The number of rotatable bonds is 4. The average Bonchev–Trinajstić information content (AvgIpc) is 2.88. The van der Waals surface area contributed by atoms with Crippen molar-refractivity contribution in [1.82, 2.24) is 14.9 Å². The first kappa shape index (κ1) is 12.7. The Labute approximate surface area is 110 Å². The zero-order chi connectivity index (χ0) is 13.0. The monoisotopic (exact) mass is 261 g/mol. The van der Waals surface area contributed by atoms with Gasteiger partial charge in [0.2, 0.25) is 0 Å². The fraction of sp³-hybridized carbons (Fsp3) is 0.308. The lowest BCUT2D eigenvalue weighted by atomic mass is 10.1. The Balaban J connectivity index is 2.26. The Kier molecular flexibility index (Phi) is 4.04. The third-order valence-electron chi connectivity index (χ3n) is 2.73. The van der Waals surface area contributed by atoms with Crippen molar-refractivity contribution in [2.45, 2.75) is 26.3 Å². The summed E-state index contributed by atoms with van der Waals surface area (Å²) in [5.41, 5.74) is 1.57. The maximum Gasteiger partial charge on any atom is 0.265 e. The number of benzene rings is 1. The summed E-state index contributed by atoms with van der Waals surface area (Å²) in [5, 5.41) is 6.98. The Morgan fingerprint density at radius 2 is 2.11 bits per heavy atom. The molecule has 1 atom stereocenters. The lowest BCUT2D eigenvalue weighted by Gasteiger charge is -2.10. The van der Waals surface area contributed by atoms with Crippen LogP contribution in [-0.4, -0.2) is 21.5 Å². The molecule has 1 N–H and O–H groups in total. The number of carbonyl (C=O) groups is 1. The topological polar surface area (TPSA) is 54.9 Å². The number of amides is 1. The lowest BCUT2D eigenvalue weighted by molar-refractivity contribution is 0.0944. The van der Waals surface area contributed by atoms with Gasteiger partial charge in [0.05, 0.1) is 0 Å². The van der Waals surface area contributed by atoms with Crippen LogP contribution in [0, 0.1) is 0 Å². The zero-order valence-corrected chi connectivity index (χ0v) is 11.2. The van der Waals surface area contributed by atoms with Gasteiger partial charge in [0.25, 0.3) is 5.91 Å². The number of aromatic nitrogens is 2. The maximum atomic E-state index is 12.1. The second kappa shape index (κ2) is 5.73. The van der Waals surface area contributed by atoms with Gasteiger partial charge in [-0.2, -0.15) is 0 Å². The molecule has 1 aromatic heterocycles. The van der Waals surface area contributed by atoms with Crippen LogP contribution in [0.3, 0.4) is 0 Å². The van der Waals surface area contributed by atoms with E-state index in [1.165, 1.54) is 0 Å². The standard InChI is InChI=1S/C13H15N3OS/c1-3-9(2)14-13(17)12-11(15-16-18-12)10-7-5-4-6-8-10/h4-9H,3H2,1-2H3,(H,14,17)/t9-/m1/s1. The molecule has 0 bridgehead atoms. The van der Waals surface area contributed by atoms with Gasteiger partial charge in [0.1, 0.15) is 10.6 Å². The normalized spacial score (nSPS) is 12.1. The van der Waals surface area contributed by atoms with E-state index in [-0.39, 0.29) is 11.9 Å². The number of nitrogens with zero attached hydrogens (tertiary/aromatic N) is 2. The molecular formula is C13H15N3OS. The lowest BCUT2D eigenvalue weighted by Crippen LogP contribution is -2.31. The predicted octanol–water partition coefficient (Wildman–Crippen LogP) is 2.73. The minimum Gasteiger partial charge on any atom is -0.349 e. The predicted molar refractivity (Wildman–Crippen MR) is 72.6 cm³/mol. The van der Waals surface area contributed by atoms with Crippen LogP contribution in [0.5, 0.6) is 0 Å². The van der Waals surface area contributed by atoms with Crippen LogP contribution in [-0.2, 0) is 0 Å². The Bertz CT molecular complexity index is 524. The molecule has 5 heteroatoms. The van der Waals surface area contributed by atoms with Crippen molar-refractivity contribution in [2.24, 2.45) is 0 Å². The van der Waals surface area contributed by atoms with Gasteiger partial charge in [0, 0.05) is 11.6 Å². The molecule has 94 valence electrons. The third-order valence-corrected chi connectivity index (χ3v) is 3.46. The fourth-order valence-electron chi connectivity index (χ4n) is 1.52. The summed E-state index contributed by atoms with van der Waals surface area (Å²) < 4.78 is 3.88. The first-order valence-corrected chi connectivity index (χ1v) is 6.68. The summed E-state index contributed by atoms with van der Waals surface area (Å²) in [6.45, 7) is 4.02. The highest BCUT2D eigenvalue weighted by Gasteiger charge is 2.18. The highest BCUT2D eigenvalue weighted by Crippen LogP contribution is 2.23. The fourth-order valence-corrected chi connectivity index (χ4v) is 2.11. The molecule has 0 saturated carbocycles. The van der Waals surface area contributed by atoms with Crippen molar-refractivity contribution < 1.29 is 4.79 Å². The number of hydrogen-bond acceptors (Lipinski definition) is 4. The number of hydrogen-bond donors (Lipinski definition) is 1. The molecule has 18 heavy (non-hydrogen) atoms. The largest absolute Gasteiger partial charge is 0.349 e. The van der Waals surface area contributed by atoms with E-state index >= 15 is 0 Å². The van der Waals surface area contributed by atoms with Crippen molar-refractivity contribution >= 4 is 17.4 Å². The Morgan fingerprint density at radius 1 is 1.39 bits per heavy atom. The van der Waals surface area contributed by atoms with E-state index in [9.17, 15) is 4.79 Å². The summed E-state index contributed by atoms with van der Waals surface area (Å²) >= 11 is 1.13.